The first-order valence-corrected chi connectivity index (χ1v) is 9.95. The Morgan fingerprint density at radius 3 is 2.74 bits per heavy atom. The summed E-state index contributed by atoms with van der Waals surface area (Å²) in [5.74, 6) is 3.50. The summed E-state index contributed by atoms with van der Waals surface area (Å²) in [5.41, 5.74) is 7.67. The van der Waals surface area contributed by atoms with Gasteiger partial charge in [-0.05, 0) is 15.4 Å². The molecule has 2 saturated heterocycles. The summed E-state index contributed by atoms with van der Waals surface area (Å²) in [6, 6.07) is -2.98. The van der Waals surface area contributed by atoms with Crippen molar-refractivity contribution in [2.24, 2.45) is 5.84 Å². The molecule has 0 spiro atoms. The Morgan fingerprint density at radius 2 is 2.19 bits per heavy atom. The zero-order valence-electron chi connectivity index (χ0n) is 13.8. The number of carbonyl (C=O) groups excluding carboxylic acids is 3. The third kappa shape index (κ3) is 3.40. The number of hydroxylamine groups is 3. The lowest BCUT2D eigenvalue weighted by atomic mass is 9.99. The fourth-order valence-corrected chi connectivity index (χ4v) is 4.57. The summed E-state index contributed by atoms with van der Waals surface area (Å²) >= 11 is 1.07. The molecule has 3 heterocycles. The molecule has 2 aliphatic heterocycles. The second-order valence-corrected chi connectivity index (χ2v) is 7.99. The number of nitrogen functional groups attached to an aromatic ring is 1. The van der Waals surface area contributed by atoms with E-state index in [4.69, 9.17) is 11.6 Å². The molecule has 3 rings (SSSR count). The number of nitrogens with zero attached hydrogens (tertiary/aromatic N) is 3. The van der Waals surface area contributed by atoms with Crippen LogP contribution in [0.2, 0.25) is 0 Å². The highest BCUT2D eigenvalue weighted by Crippen LogP contribution is 2.38. The van der Waals surface area contributed by atoms with E-state index in [0.29, 0.717) is 0 Å². The van der Waals surface area contributed by atoms with E-state index in [9.17, 15) is 27.4 Å². The number of aromatic nitrogens is 1. The average Bonchev–Trinajstić information content (AvgIpc) is 3.09. The zero-order valence-corrected chi connectivity index (χ0v) is 15.4. The summed E-state index contributed by atoms with van der Waals surface area (Å²) in [6.07, 6.45) is -0.195. The Kier molecular flexibility index (Phi) is 4.91. The van der Waals surface area contributed by atoms with Gasteiger partial charge in [0, 0.05) is 11.8 Å². The minimum Gasteiger partial charge on any atom is -0.375 e. The number of fused-ring (bicyclic) bond motifs is 2. The molecule has 0 aromatic carbocycles. The SMILES string of the molecule is NNC(=O)[C@@H]1CCC2CN1C(=O)[N+]2(OS(=O)(=O)O)C(=O)Cc1csc(N)n1. The van der Waals surface area contributed by atoms with E-state index in [1.807, 2.05) is 5.43 Å². The molecule has 15 heteroatoms. The lowest BCUT2D eigenvalue weighted by Gasteiger charge is -2.27. The number of rotatable bonds is 5. The number of hydrazine groups is 1. The normalized spacial score (nSPS) is 27.6. The van der Waals surface area contributed by atoms with Crippen molar-refractivity contribution in [3.05, 3.63) is 11.1 Å². The third-order valence-corrected chi connectivity index (χ3v) is 5.68. The van der Waals surface area contributed by atoms with Gasteiger partial charge in [0.2, 0.25) is 0 Å². The number of carbonyl (C=O) groups is 3. The van der Waals surface area contributed by atoms with E-state index >= 15 is 0 Å². The number of nitrogens with two attached hydrogens (primary N) is 2. The standard InChI is InChI=1S/C12H16N6O7S2/c13-11-15-6(5-26-11)3-9(19)18(25-27(22,23)24)7-1-2-8(10(20)16-14)17(4-7)12(18)21/h5,7-8H,1-4,14H2,(H3-,13,15,16,20,22,23,24)/p+1/t7?,8-,18?/m0/s1. The number of piperidine rings is 1. The Hall–Kier alpha value is -2.17. The molecular formula is C12H17N6O7S2+. The number of thiazole rings is 1. The van der Waals surface area contributed by atoms with Crippen LogP contribution >= 0.6 is 11.3 Å². The average molecular weight is 421 g/mol. The van der Waals surface area contributed by atoms with Gasteiger partial charge in [-0.15, -0.1) is 11.3 Å². The van der Waals surface area contributed by atoms with Crippen LogP contribution in [0.5, 0.6) is 0 Å². The Bertz CT molecular complexity index is 902. The van der Waals surface area contributed by atoms with Gasteiger partial charge in [-0.3, -0.25) is 19.7 Å². The molecule has 1 aromatic rings. The van der Waals surface area contributed by atoms with Crippen LogP contribution in [-0.2, 0) is 30.7 Å². The van der Waals surface area contributed by atoms with Crippen LogP contribution in [0.3, 0.4) is 0 Å². The van der Waals surface area contributed by atoms with E-state index in [2.05, 4.69) is 9.27 Å². The largest absolute Gasteiger partial charge is 0.462 e. The number of anilines is 1. The molecule has 3 atom stereocenters. The van der Waals surface area contributed by atoms with E-state index in [-0.39, 0.29) is 30.2 Å². The van der Waals surface area contributed by atoms with Gasteiger partial charge in [0.25, 0.3) is 5.91 Å². The van der Waals surface area contributed by atoms with Crippen LogP contribution in [0.25, 0.3) is 0 Å². The maximum absolute atomic E-state index is 13.0. The van der Waals surface area contributed by atoms with Crippen molar-refractivity contribution in [2.45, 2.75) is 31.3 Å². The number of hydrogen-bond donors (Lipinski definition) is 4. The quantitative estimate of drug-likeness (QED) is 0.140. The molecule has 4 amide bonds. The van der Waals surface area contributed by atoms with E-state index < -0.39 is 51.4 Å². The number of amides is 4. The molecule has 2 aliphatic rings. The summed E-state index contributed by atoms with van der Waals surface area (Å²) in [5, 5.41) is 1.67. The molecule has 2 bridgehead atoms. The highest BCUT2D eigenvalue weighted by atomic mass is 32.3. The summed E-state index contributed by atoms with van der Waals surface area (Å²) in [6.45, 7) is -0.114. The molecule has 13 nitrogen and oxygen atoms in total. The minimum absolute atomic E-state index is 0.112. The molecular weight excluding hydrogens is 404 g/mol. The molecule has 27 heavy (non-hydrogen) atoms. The summed E-state index contributed by atoms with van der Waals surface area (Å²) in [4.78, 5) is 42.8. The smallest absolute Gasteiger partial charge is 0.375 e. The third-order valence-electron chi connectivity index (χ3n) is 4.53. The molecule has 0 aliphatic carbocycles. The molecule has 2 unspecified atom stereocenters. The van der Waals surface area contributed by atoms with Gasteiger partial charge in [-0.2, -0.15) is 8.42 Å². The van der Waals surface area contributed by atoms with Crippen molar-refractivity contribution in [2.75, 3.05) is 12.3 Å². The van der Waals surface area contributed by atoms with Gasteiger partial charge in [0.15, 0.2) is 11.2 Å². The zero-order chi connectivity index (χ0) is 20.0. The Balaban J connectivity index is 2.00. The number of nitrogens with one attached hydrogen (secondary N) is 1. The van der Waals surface area contributed by atoms with Gasteiger partial charge < -0.3 is 5.73 Å². The molecule has 0 radical (unpaired) electrons. The highest BCUT2D eigenvalue weighted by molar-refractivity contribution is 7.80. The highest BCUT2D eigenvalue weighted by Gasteiger charge is 2.68. The van der Waals surface area contributed by atoms with Crippen LogP contribution in [0.1, 0.15) is 18.5 Å². The van der Waals surface area contributed by atoms with E-state index in [0.717, 1.165) is 16.2 Å². The minimum atomic E-state index is -5.18. The van der Waals surface area contributed by atoms with Gasteiger partial charge >= 0.3 is 22.3 Å². The molecule has 148 valence electrons. The molecule has 6 N–H and O–H groups in total. The number of hydrogen-bond acceptors (Lipinski definition) is 10. The van der Waals surface area contributed by atoms with Gasteiger partial charge in [0.05, 0.1) is 12.2 Å². The predicted octanol–water partition coefficient (Wildman–Crippen LogP) is -1.70. The lowest BCUT2D eigenvalue weighted by molar-refractivity contribution is -0.961. The lowest BCUT2D eigenvalue weighted by Crippen LogP contribution is -2.60. The fourth-order valence-electron chi connectivity index (χ4n) is 3.45. The van der Waals surface area contributed by atoms with Crippen molar-refractivity contribution >= 4 is 44.7 Å². The fraction of sp³-hybridized carbons (Fsp3) is 0.500. The number of imide groups is 1. The number of urea groups is 1. The summed E-state index contributed by atoms with van der Waals surface area (Å²) in [7, 11) is -5.18. The van der Waals surface area contributed by atoms with Crippen molar-refractivity contribution in [3.63, 3.8) is 0 Å². The topological polar surface area (TPSA) is 195 Å². The van der Waals surface area contributed by atoms with Crippen molar-refractivity contribution in [1.29, 1.82) is 0 Å². The van der Waals surface area contributed by atoms with Gasteiger partial charge in [0.1, 0.15) is 12.5 Å². The van der Waals surface area contributed by atoms with Gasteiger partial charge in [-0.1, -0.05) is 0 Å². The van der Waals surface area contributed by atoms with Crippen LogP contribution in [0, 0.1) is 0 Å². The van der Waals surface area contributed by atoms with Crippen LogP contribution in [-0.4, -0.2) is 64.0 Å². The summed E-state index contributed by atoms with van der Waals surface area (Å²) < 4.78 is 35.1. The van der Waals surface area contributed by atoms with Crippen molar-refractivity contribution in [3.8, 4) is 0 Å². The maximum atomic E-state index is 13.0. The van der Waals surface area contributed by atoms with Crippen LogP contribution in [0.4, 0.5) is 9.93 Å². The molecule has 2 fully saturated rings. The van der Waals surface area contributed by atoms with Crippen molar-refractivity contribution in [1.82, 2.24) is 15.3 Å². The predicted molar refractivity (Wildman–Crippen MR) is 89.4 cm³/mol. The molecule has 1 aromatic heterocycles. The van der Waals surface area contributed by atoms with Crippen molar-refractivity contribution < 1.29 is 36.3 Å². The first-order chi connectivity index (χ1) is 12.6. The maximum Gasteiger partial charge on any atom is 0.462 e. The second-order valence-electron chi connectivity index (χ2n) is 6.10. The van der Waals surface area contributed by atoms with E-state index in [1.54, 1.807) is 0 Å². The monoisotopic (exact) mass is 421 g/mol. The second kappa shape index (κ2) is 6.77. The first kappa shape index (κ1) is 19.6. The Labute approximate surface area is 157 Å². The van der Waals surface area contributed by atoms with Crippen LogP contribution < -0.4 is 17.0 Å². The van der Waals surface area contributed by atoms with Gasteiger partial charge in [-0.25, -0.2) is 20.4 Å². The number of quaternary nitrogens is 1. The molecule has 0 saturated carbocycles. The first-order valence-electron chi connectivity index (χ1n) is 7.70. The van der Waals surface area contributed by atoms with Crippen LogP contribution in [0.15, 0.2) is 5.38 Å². The van der Waals surface area contributed by atoms with E-state index in [1.165, 1.54) is 5.38 Å². The Morgan fingerprint density at radius 1 is 1.48 bits per heavy atom.